The van der Waals surface area contributed by atoms with Crippen molar-refractivity contribution in [2.45, 2.75) is 32.1 Å². The highest BCUT2D eigenvalue weighted by molar-refractivity contribution is 7.15. The molecule has 27 heavy (non-hydrogen) atoms. The van der Waals surface area contributed by atoms with Crippen LogP contribution in [0.1, 0.15) is 29.8 Å². The van der Waals surface area contributed by atoms with Crippen LogP contribution in [0.5, 0.6) is 0 Å². The van der Waals surface area contributed by atoms with Gasteiger partial charge in [-0.25, -0.2) is 4.79 Å². The van der Waals surface area contributed by atoms with Crippen LogP contribution < -0.4 is 10.6 Å². The number of aliphatic carboxylic acids is 1. The van der Waals surface area contributed by atoms with Gasteiger partial charge in [0.2, 0.25) is 5.13 Å². The lowest BCUT2D eigenvalue weighted by molar-refractivity contribution is -0.140. The van der Waals surface area contributed by atoms with Crippen LogP contribution >= 0.6 is 11.3 Å². The number of hydrogen-bond acceptors (Lipinski definition) is 7. The average molecular weight is 392 g/mol. The van der Waals surface area contributed by atoms with Crippen molar-refractivity contribution >= 4 is 40.1 Å². The van der Waals surface area contributed by atoms with Crippen molar-refractivity contribution in [1.29, 1.82) is 0 Å². The van der Waals surface area contributed by atoms with E-state index in [1.165, 1.54) is 18.4 Å². The Morgan fingerprint density at radius 2 is 1.96 bits per heavy atom. The summed E-state index contributed by atoms with van der Waals surface area (Å²) < 4.78 is 4.57. The number of ether oxygens (including phenoxy) is 1. The second-order valence-corrected chi connectivity index (χ2v) is 6.67. The maximum atomic E-state index is 12.1. The quantitative estimate of drug-likeness (QED) is 0.559. The van der Waals surface area contributed by atoms with Gasteiger partial charge in [0.05, 0.1) is 7.11 Å². The number of methoxy groups -OCH3 is 1. The summed E-state index contributed by atoms with van der Waals surface area (Å²) in [5, 5.41) is 22.9. The van der Waals surface area contributed by atoms with Gasteiger partial charge in [-0.15, -0.1) is 10.2 Å². The van der Waals surface area contributed by atoms with E-state index in [0.29, 0.717) is 41.5 Å². The van der Waals surface area contributed by atoms with Gasteiger partial charge in [-0.3, -0.25) is 14.9 Å². The normalized spacial score (nSPS) is 10.3. The molecule has 0 unspecified atom stereocenters. The number of amides is 2. The number of carbonyl (C=O) groups excluding carboxylic acids is 2. The van der Waals surface area contributed by atoms with Crippen LogP contribution in [0.2, 0.25) is 0 Å². The van der Waals surface area contributed by atoms with Crippen molar-refractivity contribution < 1.29 is 24.2 Å². The van der Waals surface area contributed by atoms with Gasteiger partial charge in [0.1, 0.15) is 5.01 Å². The summed E-state index contributed by atoms with van der Waals surface area (Å²) in [6.07, 6.45) is 1.88. The molecule has 0 atom stereocenters. The number of urea groups is 1. The number of hydrogen-bond donors (Lipinski definition) is 3. The van der Waals surface area contributed by atoms with Gasteiger partial charge in [-0.1, -0.05) is 23.5 Å². The number of anilines is 2. The zero-order valence-electron chi connectivity index (χ0n) is 14.7. The number of aryl methyl sites for hydroxylation is 2. The Bertz CT molecular complexity index is 808. The van der Waals surface area contributed by atoms with Crippen molar-refractivity contribution in [2.75, 3.05) is 17.7 Å². The number of rotatable bonds is 9. The zero-order chi connectivity index (χ0) is 19.6. The first-order valence-corrected chi connectivity index (χ1v) is 9.06. The molecule has 0 spiro atoms. The second kappa shape index (κ2) is 10.2. The monoisotopic (exact) mass is 392 g/mol. The van der Waals surface area contributed by atoms with E-state index >= 15 is 0 Å². The topological polar surface area (TPSA) is 131 Å². The number of carbonyl (C=O) groups is 3. The molecule has 144 valence electrons. The number of nitrogens with one attached hydrogen (secondary N) is 2. The maximum Gasteiger partial charge on any atom is 0.325 e. The minimum absolute atomic E-state index is 0.0270. The molecule has 9 nitrogen and oxygen atoms in total. The molecule has 1 aromatic carbocycles. The third-order valence-corrected chi connectivity index (χ3v) is 4.40. The van der Waals surface area contributed by atoms with Crippen LogP contribution in [-0.2, 0) is 27.2 Å². The molecule has 0 bridgehead atoms. The van der Waals surface area contributed by atoms with E-state index in [0.717, 1.165) is 5.56 Å². The third kappa shape index (κ3) is 7.40. The molecule has 1 heterocycles. The first-order valence-electron chi connectivity index (χ1n) is 8.24. The molecular formula is C17H20N4O5S. The van der Waals surface area contributed by atoms with E-state index in [2.05, 4.69) is 25.6 Å². The first-order chi connectivity index (χ1) is 13.0. The van der Waals surface area contributed by atoms with E-state index in [4.69, 9.17) is 5.11 Å². The van der Waals surface area contributed by atoms with Gasteiger partial charge in [0.15, 0.2) is 0 Å². The van der Waals surface area contributed by atoms with Crippen LogP contribution in [0, 0.1) is 0 Å². The van der Waals surface area contributed by atoms with E-state index in [1.807, 2.05) is 0 Å². The minimum atomic E-state index is -0.871. The fourth-order valence-corrected chi connectivity index (χ4v) is 2.98. The molecule has 2 amide bonds. The fraction of sp³-hybridized carbons (Fsp3) is 0.353. The highest BCUT2D eigenvalue weighted by atomic mass is 32.1. The standard InChI is InChI=1S/C17H20N4O5S/c1-26-15(24)7-3-6-13-20-21-17(27-13)19-16(25)18-12-5-2-4-11(10-12)8-9-14(22)23/h2,4-5,10H,3,6-9H2,1H3,(H,22,23)(H2,18,19,21,25). The van der Waals surface area contributed by atoms with Crippen LogP contribution in [0.15, 0.2) is 24.3 Å². The molecule has 0 aliphatic heterocycles. The number of carboxylic acids is 1. The zero-order valence-corrected chi connectivity index (χ0v) is 15.5. The molecule has 1 aromatic heterocycles. The smallest absolute Gasteiger partial charge is 0.325 e. The number of nitrogens with zero attached hydrogens (tertiary/aromatic N) is 2. The van der Waals surface area contributed by atoms with Gasteiger partial charge < -0.3 is 15.2 Å². The minimum Gasteiger partial charge on any atom is -0.481 e. The van der Waals surface area contributed by atoms with Gasteiger partial charge in [-0.05, 0) is 30.5 Å². The fourth-order valence-electron chi connectivity index (χ4n) is 2.21. The summed E-state index contributed by atoms with van der Waals surface area (Å²) in [5.74, 6) is -1.15. The van der Waals surface area contributed by atoms with E-state index in [-0.39, 0.29) is 12.4 Å². The molecule has 0 aliphatic rings. The lowest BCUT2D eigenvalue weighted by Crippen LogP contribution is -2.19. The molecule has 0 saturated carbocycles. The first kappa shape index (κ1) is 20.3. The van der Waals surface area contributed by atoms with Gasteiger partial charge in [-0.2, -0.15) is 0 Å². The average Bonchev–Trinajstić information content (AvgIpc) is 3.07. The number of aromatic nitrogens is 2. The second-order valence-electron chi connectivity index (χ2n) is 5.60. The predicted octanol–water partition coefficient (Wildman–Crippen LogP) is 2.70. The lowest BCUT2D eigenvalue weighted by Gasteiger charge is -2.07. The summed E-state index contributed by atoms with van der Waals surface area (Å²) in [6.45, 7) is 0. The summed E-state index contributed by atoms with van der Waals surface area (Å²) in [4.78, 5) is 33.8. The molecular weight excluding hydrogens is 372 g/mol. The Kier molecular flexibility index (Phi) is 7.68. The lowest BCUT2D eigenvalue weighted by atomic mass is 10.1. The van der Waals surface area contributed by atoms with Crippen LogP contribution in [-0.4, -0.2) is 40.4 Å². The van der Waals surface area contributed by atoms with Crippen molar-refractivity contribution in [3.05, 3.63) is 34.8 Å². The molecule has 0 radical (unpaired) electrons. The van der Waals surface area contributed by atoms with E-state index < -0.39 is 12.0 Å². The summed E-state index contributed by atoms with van der Waals surface area (Å²) in [5.41, 5.74) is 1.37. The number of esters is 1. The molecule has 10 heteroatoms. The van der Waals surface area contributed by atoms with Crippen LogP contribution in [0.25, 0.3) is 0 Å². The van der Waals surface area contributed by atoms with Crippen LogP contribution in [0.3, 0.4) is 0 Å². The van der Waals surface area contributed by atoms with Gasteiger partial charge in [0, 0.05) is 24.9 Å². The maximum absolute atomic E-state index is 12.1. The Balaban J connectivity index is 1.83. The number of benzene rings is 1. The Hall–Kier alpha value is -3.01. The molecule has 2 rings (SSSR count). The van der Waals surface area contributed by atoms with Crippen molar-refractivity contribution in [3.63, 3.8) is 0 Å². The van der Waals surface area contributed by atoms with Crippen molar-refractivity contribution in [2.24, 2.45) is 0 Å². The largest absolute Gasteiger partial charge is 0.481 e. The molecule has 3 N–H and O–H groups in total. The molecule has 0 aliphatic carbocycles. The third-order valence-electron chi connectivity index (χ3n) is 3.50. The van der Waals surface area contributed by atoms with E-state index in [9.17, 15) is 14.4 Å². The van der Waals surface area contributed by atoms with E-state index in [1.54, 1.807) is 24.3 Å². The highest BCUT2D eigenvalue weighted by Gasteiger charge is 2.10. The predicted molar refractivity (Wildman–Crippen MR) is 99.9 cm³/mol. The number of carboxylic acid groups (broad SMARTS) is 1. The van der Waals surface area contributed by atoms with Gasteiger partial charge in [0.25, 0.3) is 0 Å². The van der Waals surface area contributed by atoms with Gasteiger partial charge >= 0.3 is 18.0 Å². The molecule has 0 fully saturated rings. The summed E-state index contributed by atoms with van der Waals surface area (Å²) >= 11 is 1.23. The molecule has 2 aromatic rings. The Labute approximate surface area is 159 Å². The van der Waals surface area contributed by atoms with Crippen LogP contribution in [0.4, 0.5) is 15.6 Å². The Morgan fingerprint density at radius 1 is 1.15 bits per heavy atom. The van der Waals surface area contributed by atoms with Crippen molar-refractivity contribution in [1.82, 2.24) is 10.2 Å². The Morgan fingerprint density at radius 3 is 2.70 bits per heavy atom. The summed E-state index contributed by atoms with van der Waals surface area (Å²) in [7, 11) is 1.34. The summed E-state index contributed by atoms with van der Waals surface area (Å²) in [6, 6.07) is 6.51. The SMILES string of the molecule is COC(=O)CCCc1nnc(NC(=O)Nc2cccc(CCC(=O)O)c2)s1. The van der Waals surface area contributed by atoms with Crippen molar-refractivity contribution in [3.8, 4) is 0 Å². The highest BCUT2D eigenvalue weighted by Crippen LogP contribution is 2.18. The molecule has 0 saturated heterocycles.